The third-order valence-corrected chi connectivity index (χ3v) is 2.99. The number of ether oxygens (including phenoxy) is 1. The fraction of sp³-hybridized carbons (Fsp3) is 0.545. The highest BCUT2D eigenvalue weighted by Crippen LogP contribution is 2.21. The van der Waals surface area contributed by atoms with Crippen LogP contribution in [-0.4, -0.2) is 30.3 Å². The van der Waals surface area contributed by atoms with Crippen LogP contribution in [0.1, 0.15) is 13.8 Å². The van der Waals surface area contributed by atoms with Crippen molar-refractivity contribution in [3.8, 4) is 0 Å². The topological polar surface area (TPSA) is 25.4 Å². The molecule has 0 atom stereocenters. The van der Waals surface area contributed by atoms with Gasteiger partial charge in [-0.3, -0.25) is 0 Å². The zero-order valence-corrected chi connectivity index (χ0v) is 11.1. The van der Waals surface area contributed by atoms with E-state index in [1.165, 1.54) is 3.57 Å². The Morgan fingerprint density at radius 3 is 2.73 bits per heavy atom. The zero-order valence-electron chi connectivity index (χ0n) is 8.98. The summed E-state index contributed by atoms with van der Waals surface area (Å²) in [6, 6.07) is 4.15. The molecule has 0 aromatic carbocycles. The van der Waals surface area contributed by atoms with Gasteiger partial charge in [0.05, 0.1) is 12.2 Å². The molecular weight excluding hydrogens is 303 g/mol. The van der Waals surface area contributed by atoms with Crippen molar-refractivity contribution in [1.82, 2.24) is 4.98 Å². The maximum atomic E-state index is 5.69. The van der Waals surface area contributed by atoms with E-state index < -0.39 is 0 Å². The van der Waals surface area contributed by atoms with Gasteiger partial charge in [-0.25, -0.2) is 4.98 Å². The molecule has 0 saturated carbocycles. The first-order valence-corrected chi connectivity index (χ1v) is 6.25. The molecule has 3 nitrogen and oxygen atoms in total. The van der Waals surface area contributed by atoms with E-state index in [-0.39, 0.29) is 0 Å². The standard InChI is InChI=1S/C11H15IN2O/c1-8(2)15-10-6-14(7-10)11-4-3-9(12)5-13-11/h3-5,8,10H,6-7H2,1-2H3. The molecule has 1 saturated heterocycles. The number of halogens is 1. The summed E-state index contributed by atoms with van der Waals surface area (Å²) in [4.78, 5) is 6.62. The second kappa shape index (κ2) is 4.65. The van der Waals surface area contributed by atoms with Crippen LogP contribution in [0.3, 0.4) is 0 Å². The highest BCUT2D eigenvalue weighted by Gasteiger charge is 2.28. The largest absolute Gasteiger partial charge is 0.372 e. The molecule has 0 spiro atoms. The molecule has 1 fully saturated rings. The number of hydrogen-bond acceptors (Lipinski definition) is 3. The van der Waals surface area contributed by atoms with Gasteiger partial charge in [0.2, 0.25) is 0 Å². The molecule has 0 N–H and O–H groups in total. The van der Waals surface area contributed by atoms with Gasteiger partial charge in [-0.1, -0.05) is 0 Å². The van der Waals surface area contributed by atoms with Crippen molar-refractivity contribution in [3.05, 3.63) is 21.9 Å². The van der Waals surface area contributed by atoms with Gasteiger partial charge >= 0.3 is 0 Å². The minimum Gasteiger partial charge on any atom is -0.372 e. The van der Waals surface area contributed by atoms with Crippen LogP contribution >= 0.6 is 22.6 Å². The van der Waals surface area contributed by atoms with Crippen LogP contribution in [0, 0.1) is 3.57 Å². The molecule has 0 unspecified atom stereocenters. The van der Waals surface area contributed by atoms with E-state index in [9.17, 15) is 0 Å². The summed E-state index contributed by atoms with van der Waals surface area (Å²) in [5, 5.41) is 0. The quantitative estimate of drug-likeness (QED) is 0.800. The SMILES string of the molecule is CC(C)OC1CN(c2ccc(I)cn2)C1. The number of hydrogen-bond donors (Lipinski definition) is 0. The predicted octanol–water partition coefficient (Wildman–Crippen LogP) is 2.30. The lowest BCUT2D eigenvalue weighted by Gasteiger charge is -2.40. The fourth-order valence-electron chi connectivity index (χ4n) is 1.65. The lowest BCUT2D eigenvalue weighted by molar-refractivity contribution is -0.00745. The Morgan fingerprint density at radius 1 is 1.47 bits per heavy atom. The van der Waals surface area contributed by atoms with Crippen molar-refractivity contribution in [3.63, 3.8) is 0 Å². The average molecular weight is 318 g/mol. The summed E-state index contributed by atoms with van der Waals surface area (Å²) >= 11 is 2.26. The summed E-state index contributed by atoms with van der Waals surface area (Å²) < 4.78 is 6.86. The van der Waals surface area contributed by atoms with Gasteiger partial charge in [0.1, 0.15) is 5.82 Å². The normalized spacial score (nSPS) is 16.9. The van der Waals surface area contributed by atoms with E-state index in [2.05, 4.69) is 58.5 Å². The average Bonchev–Trinajstić information content (AvgIpc) is 2.12. The van der Waals surface area contributed by atoms with Crippen LogP contribution in [0.5, 0.6) is 0 Å². The summed E-state index contributed by atoms with van der Waals surface area (Å²) in [5.41, 5.74) is 0. The Bertz CT molecular complexity index is 320. The maximum Gasteiger partial charge on any atom is 0.128 e. The minimum atomic E-state index is 0.321. The minimum absolute atomic E-state index is 0.321. The number of pyridine rings is 1. The van der Waals surface area contributed by atoms with E-state index >= 15 is 0 Å². The Morgan fingerprint density at radius 2 is 2.20 bits per heavy atom. The predicted molar refractivity (Wildman–Crippen MR) is 69.2 cm³/mol. The number of aromatic nitrogens is 1. The van der Waals surface area contributed by atoms with Crippen LogP contribution in [0.25, 0.3) is 0 Å². The first-order valence-electron chi connectivity index (χ1n) is 5.17. The van der Waals surface area contributed by atoms with Crippen molar-refractivity contribution in [1.29, 1.82) is 0 Å². The van der Waals surface area contributed by atoms with Crippen LogP contribution in [0.2, 0.25) is 0 Å². The molecule has 0 bridgehead atoms. The zero-order chi connectivity index (χ0) is 10.8. The molecule has 0 radical (unpaired) electrons. The summed E-state index contributed by atoms with van der Waals surface area (Å²) in [7, 11) is 0. The van der Waals surface area contributed by atoms with E-state index in [0.717, 1.165) is 18.9 Å². The highest BCUT2D eigenvalue weighted by atomic mass is 127. The van der Waals surface area contributed by atoms with Crippen LogP contribution in [-0.2, 0) is 4.74 Å². The molecule has 1 aromatic rings. The Hall–Kier alpha value is -0.360. The third-order valence-electron chi connectivity index (χ3n) is 2.35. The van der Waals surface area contributed by atoms with Gasteiger partial charge in [0.15, 0.2) is 0 Å². The molecule has 1 aliphatic heterocycles. The molecule has 1 aromatic heterocycles. The lowest BCUT2D eigenvalue weighted by Crippen LogP contribution is -2.53. The van der Waals surface area contributed by atoms with Crippen molar-refractivity contribution >= 4 is 28.4 Å². The first kappa shape index (κ1) is 11.1. The van der Waals surface area contributed by atoms with Gasteiger partial charge in [-0.05, 0) is 48.6 Å². The van der Waals surface area contributed by atoms with Gasteiger partial charge in [0.25, 0.3) is 0 Å². The second-order valence-electron chi connectivity index (χ2n) is 4.05. The molecule has 82 valence electrons. The molecular formula is C11H15IN2O. The second-order valence-corrected chi connectivity index (χ2v) is 5.29. The van der Waals surface area contributed by atoms with Gasteiger partial charge in [0, 0.05) is 22.9 Å². The summed E-state index contributed by atoms with van der Waals surface area (Å²) in [5.74, 6) is 1.05. The maximum absolute atomic E-state index is 5.69. The van der Waals surface area contributed by atoms with Crippen molar-refractivity contribution < 1.29 is 4.74 Å². The first-order chi connectivity index (χ1) is 7.15. The molecule has 1 aliphatic rings. The summed E-state index contributed by atoms with van der Waals surface area (Å²) in [6.45, 7) is 6.08. The molecule has 2 rings (SSSR count). The third kappa shape index (κ3) is 2.81. The molecule has 0 aliphatic carbocycles. The number of anilines is 1. The van der Waals surface area contributed by atoms with Gasteiger partial charge < -0.3 is 9.64 Å². The number of rotatable bonds is 3. The van der Waals surface area contributed by atoms with E-state index in [1.54, 1.807) is 0 Å². The van der Waals surface area contributed by atoms with Crippen molar-refractivity contribution in [2.75, 3.05) is 18.0 Å². The molecule has 4 heteroatoms. The van der Waals surface area contributed by atoms with Gasteiger partial charge in [-0.2, -0.15) is 0 Å². The van der Waals surface area contributed by atoms with Crippen molar-refractivity contribution in [2.24, 2.45) is 0 Å². The molecule has 15 heavy (non-hydrogen) atoms. The van der Waals surface area contributed by atoms with Gasteiger partial charge in [-0.15, -0.1) is 0 Å². The fourth-order valence-corrected chi connectivity index (χ4v) is 1.97. The molecule has 0 amide bonds. The monoisotopic (exact) mass is 318 g/mol. The van der Waals surface area contributed by atoms with Crippen molar-refractivity contribution in [2.45, 2.75) is 26.1 Å². The lowest BCUT2D eigenvalue weighted by atomic mass is 10.1. The van der Waals surface area contributed by atoms with Crippen LogP contribution < -0.4 is 4.90 Å². The Balaban J connectivity index is 1.86. The Labute approximate surface area is 104 Å². The molecule has 2 heterocycles. The van der Waals surface area contributed by atoms with E-state index in [0.29, 0.717) is 12.2 Å². The van der Waals surface area contributed by atoms with Crippen LogP contribution in [0.4, 0.5) is 5.82 Å². The van der Waals surface area contributed by atoms with E-state index in [4.69, 9.17) is 4.74 Å². The number of nitrogens with zero attached hydrogens (tertiary/aromatic N) is 2. The highest BCUT2D eigenvalue weighted by molar-refractivity contribution is 14.1. The van der Waals surface area contributed by atoms with Crippen LogP contribution in [0.15, 0.2) is 18.3 Å². The van der Waals surface area contributed by atoms with E-state index in [1.807, 2.05) is 6.20 Å². The Kier molecular flexibility index (Phi) is 3.45. The smallest absolute Gasteiger partial charge is 0.128 e. The summed E-state index contributed by atoms with van der Waals surface area (Å²) in [6.07, 6.45) is 2.60.